The third kappa shape index (κ3) is 5.43. The summed E-state index contributed by atoms with van der Waals surface area (Å²) in [7, 11) is 2.46. The molecule has 1 N–H and O–H groups in total. The van der Waals surface area contributed by atoms with Crippen molar-refractivity contribution in [3.8, 4) is 5.75 Å². The lowest BCUT2D eigenvalue weighted by atomic mass is 10.0. The minimum atomic E-state index is -0.675. The second-order valence-corrected chi connectivity index (χ2v) is 8.50. The van der Waals surface area contributed by atoms with Crippen LogP contribution < -0.4 is 10.1 Å². The fraction of sp³-hybridized carbons (Fsp3) is 0.292. The summed E-state index contributed by atoms with van der Waals surface area (Å²) in [5, 5.41) is 2.79. The number of anilines is 1. The fourth-order valence-electron chi connectivity index (χ4n) is 3.08. The molecule has 0 spiro atoms. The van der Waals surface area contributed by atoms with Crippen LogP contribution in [-0.2, 0) is 16.1 Å². The molecule has 0 unspecified atom stereocenters. The number of methoxy groups -OCH3 is 2. The standard InChI is InChI=1S/C24H25NO7S/c1-13(2)15-6-8-16(9-7-15)31-12-17-10-11-18(32-17)21(26)25-22-19(23(27)29-4)14(3)20(33-22)24(28)30-5/h6-11,13H,12H2,1-5H3,(H,25,26). The van der Waals surface area contributed by atoms with Gasteiger partial charge in [-0.25, -0.2) is 9.59 Å². The van der Waals surface area contributed by atoms with Gasteiger partial charge in [-0.3, -0.25) is 4.79 Å². The summed E-state index contributed by atoms with van der Waals surface area (Å²) < 4.78 is 20.9. The summed E-state index contributed by atoms with van der Waals surface area (Å²) in [5.74, 6) is -0.252. The smallest absolute Gasteiger partial charge is 0.348 e. The third-order valence-electron chi connectivity index (χ3n) is 4.95. The number of rotatable bonds is 8. The second-order valence-electron chi connectivity index (χ2n) is 7.48. The van der Waals surface area contributed by atoms with E-state index in [-0.39, 0.29) is 27.8 Å². The molecule has 0 atom stereocenters. The zero-order valence-electron chi connectivity index (χ0n) is 19.0. The van der Waals surface area contributed by atoms with Crippen molar-refractivity contribution in [3.05, 3.63) is 69.5 Å². The van der Waals surface area contributed by atoms with E-state index >= 15 is 0 Å². The van der Waals surface area contributed by atoms with Gasteiger partial charge in [0, 0.05) is 0 Å². The van der Waals surface area contributed by atoms with E-state index in [4.69, 9.17) is 18.6 Å². The number of amides is 1. The SMILES string of the molecule is COC(=O)c1sc(NC(=O)c2ccc(COc3ccc(C(C)C)cc3)o2)c(C(=O)OC)c1C. The topological polar surface area (TPSA) is 104 Å². The lowest BCUT2D eigenvalue weighted by Crippen LogP contribution is -2.13. The first-order chi connectivity index (χ1) is 15.7. The van der Waals surface area contributed by atoms with E-state index in [1.54, 1.807) is 13.0 Å². The molecule has 0 radical (unpaired) electrons. The van der Waals surface area contributed by atoms with Crippen LogP contribution in [0.1, 0.15) is 67.2 Å². The highest BCUT2D eigenvalue weighted by atomic mass is 32.1. The first-order valence-electron chi connectivity index (χ1n) is 10.2. The lowest BCUT2D eigenvalue weighted by molar-refractivity contribution is 0.0601. The van der Waals surface area contributed by atoms with Gasteiger partial charge in [-0.2, -0.15) is 0 Å². The Labute approximate surface area is 195 Å². The molecule has 0 fully saturated rings. The molecule has 33 heavy (non-hydrogen) atoms. The number of nitrogens with one attached hydrogen (secondary N) is 1. The van der Waals surface area contributed by atoms with E-state index in [1.165, 1.54) is 25.8 Å². The van der Waals surface area contributed by atoms with E-state index < -0.39 is 17.8 Å². The Morgan fingerprint density at radius 1 is 1.00 bits per heavy atom. The Balaban J connectivity index is 1.71. The maximum Gasteiger partial charge on any atom is 0.348 e. The largest absolute Gasteiger partial charge is 0.486 e. The molecule has 2 aromatic heterocycles. The molecule has 3 rings (SSSR count). The molecule has 1 aromatic carbocycles. The summed E-state index contributed by atoms with van der Waals surface area (Å²) in [5.41, 5.74) is 1.67. The molecule has 0 saturated carbocycles. The molecule has 0 aliphatic carbocycles. The van der Waals surface area contributed by atoms with Crippen molar-refractivity contribution in [2.75, 3.05) is 19.5 Å². The minimum Gasteiger partial charge on any atom is -0.486 e. The summed E-state index contributed by atoms with van der Waals surface area (Å²) in [6, 6.07) is 10.9. The van der Waals surface area contributed by atoms with Crippen molar-refractivity contribution in [2.45, 2.75) is 33.3 Å². The molecule has 1 amide bonds. The summed E-state index contributed by atoms with van der Waals surface area (Å²) in [6.07, 6.45) is 0. The Morgan fingerprint density at radius 2 is 1.67 bits per heavy atom. The molecule has 174 valence electrons. The summed E-state index contributed by atoms with van der Waals surface area (Å²) >= 11 is 0.929. The number of carbonyl (C=O) groups is 3. The van der Waals surface area contributed by atoms with Crippen molar-refractivity contribution in [1.82, 2.24) is 0 Å². The molecule has 0 aliphatic heterocycles. The van der Waals surface area contributed by atoms with E-state index in [2.05, 4.69) is 19.2 Å². The van der Waals surface area contributed by atoms with Crippen LogP contribution in [-0.4, -0.2) is 32.1 Å². The van der Waals surface area contributed by atoms with Crippen molar-refractivity contribution in [2.24, 2.45) is 0 Å². The normalized spacial score (nSPS) is 10.7. The molecule has 9 heteroatoms. The molecular weight excluding hydrogens is 446 g/mol. The zero-order chi connectivity index (χ0) is 24.1. The maximum atomic E-state index is 12.7. The van der Waals surface area contributed by atoms with Gasteiger partial charge in [0.1, 0.15) is 28.0 Å². The average molecular weight is 472 g/mol. The number of esters is 2. The molecule has 0 aliphatic rings. The van der Waals surface area contributed by atoms with Crippen LogP contribution in [0.2, 0.25) is 0 Å². The van der Waals surface area contributed by atoms with Gasteiger partial charge in [0.25, 0.3) is 5.91 Å². The van der Waals surface area contributed by atoms with Gasteiger partial charge >= 0.3 is 11.9 Å². The van der Waals surface area contributed by atoms with Crippen LogP contribution in [0.4, 0.5) is 5.00 Å². The number of ether oxygens (including phenoxy) is 3. The molecule has 2 heterocycles. The Morgan fingerprint density at radius 3 is 2.27 bits per heavy atom. The van der Waals surface area contributed by atoms with Crippen molar-refractivity contribution >= 4 is 34.2 Å². The minimum absolute atomic E-state index is 0.0326. The molecular formula is C24H25NO7S. The number of hydrogen-bond acceptors (Lipinski definition) is 8. The molecule has 3 aromatic rings. The van der Waals surface area contributed by atoms with E-state index in [9.17, 15) is 14.4 Å². The van der Waals surface area contributed by atoms with Crippen LogP contribution in [0.3, 0.4) is 0 Å². The highest BCUT2D eigenvalue weighted by Crippen LogP contribution is 2.34. The van der Waals surface area contributed by atoms with Gasteiger partial charge in [-0.1, -0.05) is 26.0 Å². The van der Waals surface area contributed by atoms with Crippen LogP contribution in [0.25, 0.3) is 0 Å². The average Bonchev–Trinajstić information content (AvgIpc) is 3.41. The predicted molar refractivity (Wildman–Crippen MR) is 123 cm³/mol. The first kappa shape index (κ1) is 24.1. The van der Waals surface area contributed by atoms with Crippen molar-refractivity contribution < 1.29 is 33.0 Å². The van der Waals surface area contributed by atoms with Crippen LogP contribution in [0.5, 0.6) is 5.75 Å². The number of thiophene rings is 1. The predicted octanol–water partition coefficient (Wildman–Crippen LogP) is 5.18. The number of carbonyl (C=O) groups excluding carboxylic acids is 3. The summed E-state index contributed by atoms with van der Waals surface area (Å²) in [4.78, 5) is 37.1. The Bertz CT molecular complexity index is 1160. The van der Waals surface area contributed by atoms with Gasteiger partial charge in [0.2, 0.25) is 0 Å². The second kappa shape index (κ2) is 10.4. The van der Waals surface area contributed by atoms with Gasteiger partial charge < -0.3 is 23.9 Å². The monoisotopic (exact) mass is 471 g/mol. The number of furan rings is 1. The maximum absolute atomic E-state index is 12.7. The third-order valence-corrected chi connectivity index (χ3v) is 6.13. The highest BCUT2D eigenvalue weighted by molar-refractivity contribution is 7.18. The lowest BCUT2D eigenvalue weighted by Gasteiger charge is -2.08. The Hall–Kier alpha value is -3.59. The van der Waals surface area contributed by atoms with E-state index in [0.717, 1.165) is 11.3 Å². The Kier molecular flexibility index (Phi) is 7.55. The van der Waals surface area contributed by atoms with Crippen LogP contribution in [0.15, 0.2) is 40.8 Å². The van der Waals surface area contributed by atoms with Gasteiger partial charge in [-0.15, -0.1) is 11.3 Å². The van der Waals surface area contributed by atoms with E-state index in [1.807, 2.05) is 24.3 Å². The van der Waals surface area contributed by atoms with Crippen molar-refractivity contribution in [3.63, 3.8) is 0 Å². The zero-order valence-corrected chi connectivity index (χ0v) is 19.8. The highest BCUT2D eigenvalue weighted by Gasteiger charge is 2.27. The molecule has 0 saturated heterocycles. The van der Waals surface area contributed by atoms with Gasteiger partial charge in [0.15, 0.2) is 5.76 Å². The molecule has 0 bridgehead atoms. The van der Waals surface area contributed by atoms with Crippen LogP contribution in [0, 0.1) is 6.92 Å². The number of hydrogen-bond donors (Lipinski definition) is 1. The fourth-order valence-corrected chi connectivity index (χ4v) is 4.19. The number of benzene rings is 1. The first-order valence-corrected chi connectivity index (χ1v) is 11.0. The quantitative estimate of drug-likeness (QED) is 0.452. The van der Waals surface area contributed by atoms with Crippen molar-refractivity contribution in [1.29, 1.82) is 0 Å². The van der Waals surface area contributed by atoms with Gasteiger partial charge in [-0.05, 0) is 48.2 Å². The summed E-state index contributed by atoms with van der Waals surface area (Å²) in [6.45, 7) is 5.97. The van der Waals surface area contributed by atoms with E-state index in [0.29, 0.717) is 23.0 Å². The van der Waals surface area contributed by atoms with Gasteiger partial charge in [0.05, 0.1) is 19.8 Å². The van der Waals surface area contributed by atoms with Crippen LogP contribution >= 0.6 is 11.3 Å². The molecule has 8 nitrogen and oxygen atoms in total.